The molecular formula is C20H25N3O3. The molecule has 2 amide bonds. The number of nitrogens with zero attached hydrogens (tertiary/aromatic N) is 2. The van der Waals surface area contributed by atoms with E-state index in [0.717, 1.165) is 5.69 Å². The first-order valence-electron chi connectivity index (χ1n) is 8.45. The molecule has 0 atom stereocenters. The molecule has 0 unspecified atom stereocenters. The van der Waals surface area contributed by atoms with Gasteiger partial charge in [-0.2, -0.15) is 0 Å². The van der Waals surface area contributed by atoms with Crippen LogP contribution in [0.1, 0.15) is 17.3 Å². The van der Waals surface area contributed by atoms with Crippen molar-refractivity contribution in [3.8, 4) is 5.75 Å². The van der Waals surface area contributed by atoms with E-state index in [-0.39, 0.29) is 18.4 Å². The lowest BCUT2D eigenvalue weighted by Gasteiger charge is -2.22. The highest BCUT2D eigenvalue weighted by atomic mass is 16.5. The Morgan fingerprint density at radius 1 is 1.08 bits per heavy atom. The van der Waals surface area contributed by atoms with E-state index < -0.39 is 0 Å². The van der Waals surface area contributed by atoms with Crippen LogP contribution in [0, 0.1) is 0 Å². The van der Waals surface area contributed by atoms with Crippen LogP contribution >= 0.6 is 0 Å². The standard InChI is InChI=1S/C20H25N3O3/c1-5-23(20(25)15-9-8-10-16(13-15)22(2)3)14-19(24)21-17-11-6-7-12-18(17)26-4/h6-13H,5,14H2,1-4H3,(H,21,24). The fraction of sp³-hybridized carbons (Fsp3) is 0.300. The zero-order valence-electron chi connectivity index (χ0n) is 15.7. The first-order chi connectivity index (χ1) is 12.5. The van der Waals surface area contributed by atoms with E-state index in [0.29, 0.717) is 23.5 Å². The minimum Gasteiger partial charge on any atom is -0.495 e. The van der Waals surface area contributed by atoms with Gasteiger partial charge in [0.05, 0.1) is 12.8 Å². The fourth-order valence-corrected chi connectivity index (χ4v) is 2.54. The Balaban J connectivity index is 2.09. The number of para-hydroxylation sites is 2. The van der Waals surface area contributed by atoms with Gasteiger partial charge in [-0.25, -0.2) is 0 Å². The second kappa shape index (κ2) is 8.89. The van der Waals surface area contributed by atoms with Gasteiger partial charge in [0.15, 0.2) is 0 Å². The number of rotatable bonds is 7. The van der Waals surface area contributed by atoms with Crippen molar-refractivity contribution in [2.45, 2.75) is 6.92 Å². The second-order valence-electron chi connectivity index (χ2n) is 6.01. The summed E-state index contributed by atoms with van der Waals surface area (Å²) < 4.78 is 5.23. The number of anilines is 2. The zero-order valence-corrected chi connectivity index (χ0v) is 15.7. The van der Waals surface area contributed by atoms with Crippen molar-refractivity contribution >= 4 is 23.2 Å². The molecule has 6 heteroatoms. The van der Waals surface area contributed by atoms with E-state index in [1.54, 1.807) is 25.3 Å². The molecule has 0 spiro atoms. The maximum atomic E-state index is 12.8. The van der Waals surface area contributed by atoms with Gasteiger partial charge in [0.2, 0.25) is 5.91 Å². The third-order valence-corrected chi connectivity index (χ3v) is 3.99. The third kappa shape index (κ3) is 4.75. The van der Waals surface area contributed by atoms with E-state index in [4.69, 9.17) is 4.74 Å². The number of hydrogen-bond acceptors (Lipinski definition) is 4. The molecule has 0 bridgehead atoms. The van der Waals surface area contributed by atoms with Crippen molar-refractivity contribution in [2.24, 2.45) is 0 Å². The number of hydrogen-bond donors (Lipinski definition) is 1. The van der Waals surface area contributed by atoms with E-state index in [9.17, 15) is 9.59 Å². The van der Waals surface area contributed by atoms with Crippen LogP contribution in [0.3, 0.4) is 0 Å². The number of carbonyl (C=O) groups excluding carboxylic acids is 2. The topological polar surface area (TPSA) is 61.9 Å². The van der Waals surface area contributed by atoms with E-state index >= 15 is 0 Å². The molecule has 0 saturated carbocycles. The number of benzene rings is 2. The minimum absolute atomic E-state index is 0.0282. The SMILES string of the molecule is CCN(CC(=O)Nc1ccccc1OC)C(=O)c1cccc(N(C)C)c1. The Hall–Kier alpha value is -3.02. The number of likely N-dealkylation sites (N-methyl/N-ethyl adjacent to an activating group) is 1. The lowest BCUT2D eigenvalue weighted by atomic mass is 10.1. The molecule has 0 aromatic heterocycles. The first kappa shape index (κ1) is 19.3. The first-order valence-corrected chi connectivity index (χ1v) is 8.45. The highest BCUT2D eigenvalue weighted by molar-refractivity contribution is 6.00. The third-order valence-electron chi connectivity index (χ3n) is 3.99. The highest BCUT2D eigenvalue weighted by Gasteiger charge is 2.18. The molecule has 2 aromatic rings. The van der Waals surface area contributed by atoms with E-state index in [1.165, 1.54) is 4.90 Å². The Labute approximate surface area is 154 Å². The van der Waals surface area contributed by atoms with Gasteiger partial charge >= 0.3 is 0 Å². The van der Waals surface area contributed by atoms with Gasteiger partial charge in [-0.15, -0.1) is 0 Å². The van der Waals surface area contributed by atoms with Gasteiger partial charge in [-0.3, -0.25) is 9.59 Å². The molecule has 0 aliphatic rings. The molecular weight excluding hydrogens is 330 g/mol. The minimum atomic E-state index is -0.270. The molecule has 0 fully saturated rings. The van der Waals surface area contributed by atoms with Gasteiger partial charge in [-0.1, -0.05) is 18.2 Å². The van der Waals surface area contributed by atoms with Gasteiger partial charge < -0.3 is 19.9 Å². The lowest BCUT2D eigenvalue weighted by molar-refractivity contribution is -0.116. The van der Waals surface area contributed by atoms with Crippen LogP contribution in [0.4, 0.5) is 11.4 Å². The highest BCUT2D eigenvalue weighted by Crippen LogP contribution is 2.23. The lowest BCUT2D eigenvalue weighted by Crippen LogP contribution is -2.38. The summed E-state index contributed by atoms with van der Waals surface area (Å²) in [6.45, 7) is 2.26. The molecule has 1 N–H and O–H groups in total. The van der Waals surface area contributed by atoms with Crippen molar-refractivity contribution in [3.05, 3.63) is 54.1 Å². The average Bonchev–Trinajstić information content (AvgIpc) is 2.66. The number of nitrogens with one attached hydrogen (secondary N) is 1. The number of ether oxygens (including phenoxy) is 1. The monoisotopic (exact) mass is 355 g/mol. The van der Waals surface area contributed by atoms with Crippen LogP contribution in [0.25, 0.3) is 0 Å². The van der Waals surface area contributed by atoms with E-state index in [2.05, 4.69) is 5.32 Å². The maximum absolute atomic E-state index is 12.8. The van der Waals surface area contributed by atoms with Crippen molar-refractivity contribution in [1.29, 1.82) is 0 Å². The summed E-state index contributed by atoms with van der Waals surface area (Å²) in [5, 5.41) is 2.80. The Kier molecular flexibility index (Phi) is 6.60. The van der Waals surface area contributed by atoms with Gasteiger partial charge in [-0.05, 0) is 37.3 Å². The Bertz CT molecular complexity index is 774. The van der Waals surface area contributed by atoms with Crippen molar-refractivity contribution in [2.75, 3.05) is 44.5 Å². The van der Waals surface area contributed by atoms with Gasteiger partial charge in [0.25, 0.3) is 5.91 Å². The quantitative estimate of drug-likeness (QED) is 0.830. The molecule has 0 saturated heterocycles. The van der Waals surface area contributed by atoms with Crippen molar-refractivity contribution in [3.63, 3.8) is 0 Å². The van der Waals surface area contributed by atoms with Crippen molar-refractivity contribution < 1.29 is 14.3 Å². The Morgan fingerprint density at radius 2 is 1.81 bits per heavy atom. The second-order valence-corrected chi connectivity index (χ2v) is 6.01. The molecule has 0 aliphatic heterocycles. The summed E-state index contributed by atoms with van der Waals surface area (Å²) in [6, 6.07) is 14.5. The molecule has 0 radical (unpaired) electrons. The summed E-state index contributed by atoms with van der Waals surface area (Å²) in [5.74, 6) is 0.133. The molecule has 2 aromatic carbocycles. The molecule has 26 heavy (non-hydrogen) atoms. The molecule has 0 heterocycles. The number of amides is 2. The van der Waals surface area contributed by atoms with E-state index in [1.807, 2.05) is 56.3 Å². The predicted molar refractivity (Wildman–Crippen MR) is 104 cm³/mol. The Morgan fingerprint density at radius 3 is 2.46 bits per heavy atom. The summed E-state index contributed by atoms with van der Waals surface area (Å²) in [4.78, 5) is 28.6. The smallest absolute Gasteiger partial charge is 0.254 e. The number of carbonyl (C=O) groups is 2. The summed E-state index contributed by atoms with van der Waals surface area (Å²) >= 11 is 0. The van der Waals surface area contributed by atoms with Crippen LogP contribution in [0.5, 0.6) is 5.75 Å². The predicted octanol–water partition coefficient (Wildman–Crippen LogP) is 2.86. The number of methoxy groups -OCH3 is 1. The molecule has 0 aliphatic carbocycles. The summed E-state index contributed by atoms with van der Waals surface area (Å²) in [6.07, 6.45) is 0. The zero-order chi connectivity index (χ0) is 19.1. The van der Waals surface area contributed by atoms with Gasteiger partial charge in [0.1, 0.15) is 12.3 Å². The van der Waals surface area contributed by atoms with Crippen LogP contribution in [0.2, 0.25) is 0 Å². The van der Waals surface area contributed by atoms with Crippen LogP contribution in [-0.2, 0) is 4.79 Å². The van der Waals surface area contributed by atoms with Crippen LogP contribution in [0.15, 0.2) is 48.5 Å². The maximum Gasteiger partial charge on any atom is 0.254 e. The summed E-state index contributed by atoms with van der Waals surface area (Å²) in [5.41, 5.74) is 2.08. The molecule has 2 rings (SSSR count). The largest absolute Gasteiger partial charge is 0.495 e. The van der Waals surface area contributed by atoms with Gasteiger partial charge in [0, 0.05) is 31.9 Å². The normalized spacial score (nSPS) is 10.2. The average molecular weight is 355 g/mol. The van der Waals surface area contributed by atoms with Crippen molar-refractivity contribution in [1.82, 2.24) is 4.90 Å². The molecule has 138 valence electrons. The molecule has 6 nitrogen and oxygen atoms in total. The fourth-order valence-electron chi connectivity index (χ4n) is 2.54. The van der Waals surface area contributed by atoms with Crippen LogP contribution in [-0.4, -0.2) is 51.0 Å². The summed E-state index contributed by atoms with van der Waals surface area (Å²) in [7, 11) is 5.38. The van der Waals surface area contributed by atoms with Crippen LogP contribution < -0.4 is 15.0 Å².